The lowest BCUT2D eigenvalue weighted by Gasteiger charge is -2.38. The van der Waals surface area contributed by atoms with E-state index in [4.69, 9.17) is 4.74 Å². The molecule has 1 N–H and O–H groups in total. The number of rotatable bonds is 7. The number of thioether (sulfide) groups is 1. The van der Waals surface area contributed by atoms with Crippen LogP contribution in [0.5, 0.6) is 0 Å². The van der Waals surface area contributed by atoms with E-state index in [1.165, 1.54) is 17.8 Å². The van der Waals surface area contributed by atoms with Gasteiger partial charge in [0.05, 0.1) is 25.0 Å². The van der Waals surface area contributed by atoms with Crippen LogP contribution in [-0.4, -0.2) is 48.9 Å². The van der Waals surface area contributed by atoms with Gasteiger partial charge in [-0.2, -0.15) is 0 Å². The Morgan fingerprint density at radius 1 is 1.14 bits per heavy atom. The maximum absolute atomic E-state index is 13.3. The zero-order valence-electron chi connectivity index (χ0n) is 15.7. The first-order chi connectivity index (χ1) is 13.5. The van der Waals surface area contributed by atoms with Crippen molar-refractivity contribution in [2.75, 3.05) is 32.1 Å². The summed E-state index contributed by atoms with van der Waals surface area (Å²) < 4.78 is 31.8. The van der Waals surface area contributed by atoms with Crippen LogP contribution >= 0.6 is 11.8 Å². The number of ether oxygens (including phenoxy) is 1. The lowest BCUT2D eigenvalue weighted by atomic mass is 9.98. The highest BCUT2D eigenvalue weighted by atomic mass is 32.2. The van der Waals surface area contributed by atoms with Gasteiger partial charge in [0.2, 0.25) is 5.91 Å². The molecule has 28 heavy (non-hydrogen) atoms. The molecule has 0 unspecified atom stereocenters. The highest BCUT2D eigenvalue weighted by Gasteiger charge is 2.28. The quantitative estimate of drug-likeness (QED) is 0.713. The normalized spacial score (nSPS) is 17.1. The van der Waals surface area contributed by atoms with Crippen molar-refractivity contribution in [3.8, 4) is 0 Å². The number of nitrogens with zero attached hydrogens (tertiary/aromatic N) is 1. The van der Waals surface area contributed by atoms with Crippen molar-refractivity contribution in [3.63, 3.8) is 0 Å². The third-order valence-electron chi connectivity index (χ3n) is 4.70. The van der Waals surface area contributed by atoms with Gasteiger partial charge in [-0.3, -0.25) is 9.69 Å². The molecule has 0 saturated carbocycles. The van der Waals surface area contributed by atoms with Gasteiger partial charge >= 0.3 is 0 Å². The average Bonchev–Trinajstić information content (AvgIpc) is 2.71. The standard InChI is InChI=1S/C21H24F2N2O2S/c1-15(24-20(26)14-28-17-7-8-18(22)19(23)13-17)21(16-5-3-2-4-6-16)25-9-11-27-12-10-25/h2-8,13,15,21H,9-12,14H2,1H3,(H,24,26)/t15-,21+/m1/s1. The summed E-state index contributed by atoms with van der Waals surface area (Å²) in [7, 11) is 0. The Hall–Kier alpha value is -1.96. The Labute approximate surface area is 168 Å². The fraction of sp³-hybridized carbons (Fsp3) is 0.381. The van der Waals surface area contributed by atoms with Gasteiger partial charge < -0.3 is 10.1 Å². The minimum atomic E-state index is -0.907. The molecule has 3 rings (SSSR count). The van der Waals surface area contributed by atoms with E-state index < -0.39 is 11.6 Å². The van der Waals surface area contributed by atoms with Gasteiger partial charge in [-0.25, -0.2) is 8.78 Å². The number of carbonyl (C=O) groups is 1. The summed E-state index contributed by atoms with van der Waals surface area (Å²) in [6.45, 7) is 4.96. The summed E-state index contributed by atoms with van der Waals surface area (Å²) in [4.78, 5) is 15.3. The number of hydrogen-bond acceptors (Lipinski definition) is 4. The molecule has 0 aliphatic carbocycles. The highest BCUT2D eigenvalue weighted by Crippen LogP contribution is 2.26. The van der Waals surface area contributed by atoms with Crippen molar-refractivity contribution in [1.82, 2.24) is 10.2 Å². The van der Waals surface area contributed by atoms with E-state index in [0.717, 1.165) is 30.8 Å². The molecule has 1 saturated heterocycles. The lowest BCUT2D eigenvalue weighted by Crippen LogP contribution is -2.48. The molecule has 0 bridgehead atoms. The SMILES string of the molecule is C[C@@H](NC(=O)CSc1ccc(F)c(F)c1)[C@@H](c1ccccc1)N1CCOCC1. The summed E-state index contributed by atoms with van der Waals surface area (Å²) in [5.41, 5.74) is 1.14. The smallest absolute Gasteiger partial charge is 0.230 e. The second-order valence-corrected chi connectivity index (χ2v) is 7.77. The van der Waals surface area contributed by atoms with E-state index in [2.05, 4.69) is 22.3 Å². The average molecular weight is 406 g/mol. The molecular weight excluding hydrogens is 382 g/mol. The van der Waals surface area contributed by atoms with Gasteiger partial charge in [-0.05, 0) is 30.7 Å². The van der Waals surface area contributed by atoms with Gasteiger partial charge in [0.1, 0.15) is 0 Å². The first-order valence-electron chi connectivity index (χ1n) is 9.28. The largest absolute Gasteiger partial charge is 0.379 e. The number of carbonyl (C=O) groups excluding carboxylic acids is 1. The predicted molar refractivity (Wildman–Crippen MR) is 106 cm³/mol. The van der Waals surface area contributed by atoms with Crippen LogP contribution in [0.25, 0.3) is 0 Å². The van der Waals surface area contributed by atoms with Crippen molar-refractivity contribution < 1.29 is 18.3 Å². The molecule has 2 aromatic rings. The maximum atomic E-state index is 13.3. The Balaban J connectivity index is 1.62. The fourth-order valence-electron chi connectivity index (χ4n) is 3.41. The second kappa shape index (κ2) is 10.0. The number of hydrogen-bond donors (Lipinski definition) is 1. The molecule has 1 aliphatic heterocycles. The van der Waals surface area contributed by atoms with Crippen LogP contribution in [0.4, 0.5) is 8.78 Å². The number of nitrogens with one attached hydrogen (secondary N) is 1. The topological polar surface area (TPSA) is 41.6 Å². The van der Waals surface area contributed by atoms with E-state index in [9.17, 15) is 13.6 Å². The molecule has 1 fully saturated rings. The number of halogens is 2. The Kier molecular flexibility index (Phi) is 7.42. The summed E-state index contributed by atoms with van der Waals surface area (Å²) >= 11 is 1.18. The van der Waals surface area contributed by atoms with Crippen LogP contribution in [0, 0.1) is 11.6 Å². The molecule has 4 nitrogen and oxygen atoms in total. The third-order valence-corrected chi connectivity index (χ3v) is 5.70. The minimum Gasteiger partial charge on any atom is -0.379 e. The van der Waals surface area contributed by atoms with E-state index in [1.54, 1.807) is 0 Å². The monoisotopic (exact) mass is 406 g/mol. The van der Waals surface area contributed by atoms with Crippen LogP contribution in [0.15, 0.2) is 53.4 Å². The molecule has 0 radical (unpaired) electrons. The van der Waals surface area contributed by atoms with E-state index in [1.807, 2.05) is 25.1 Å². The highest BCUT2D eigenvalue weighted by molar-refractivity contribution is 8.00. The first-order valence-corrected chi connectivity index (χ1v) is 10.3. The minimum absolute atomic E-state index is 0.0438. The van der Waals surface area contributed by atoms with Crippen LogP contribution in [0.3, 0.4) is 0 Å². The molecule has 7 heteroatoms. The molecule has 2 atom stereocenters. The summed E-state index contributed by atoms with van der Waals surface area (Å²) in [5, 5.41) is 3.06. The first kappa shape index (κ1) is 20.8. The van der Waals surface area contributed by atoms with Crippen molar-refractivity contribution >= 4 is 17.7 Å². The van der Waals surface area contributed by atoms with E-state index in [0.29, 0.717) is 18.1 Å². The molecule has 1 amide bonds. The second-order valence-electron chi connectivity index (χ2n) is 6.72. The van der Waals surface area contributed by atoms with E-state index >= 15 is 0 Å². The molecule has 0 spiro atoms. The molecule has 150 valence electrons. The summed E-state index contributed by atoms with van der Waals surface area (Å²) in [5.74, 6) is -1.80. The van der Waals surface area contributed by atoms with Crippen molar-refractivity contribution in [2.45, 2.75) is 23.9 Å². The lowest BCUT2D eigenvalue weighted by molar-refractivity contribution is -0.119. The Bertz CT molecular complexity index is 785. The van der Waals surface area contributed by atoms with Crippen LogP contribution in [-0.2, 0) is 9.53 Å². The Morgan fingerprint density at radius 2 is 1.86 bits per heavy atom. The summed E-state index contributed by atoms with van der Waals surface area (Å²) in [6.07, 6.45) is 0. The van der Waals surface area contributed by atoms with Crippen LogP contribution in [0.1, 0.15) is 18.5 Å². The molecule has 1 heterocycles. The zero-order chi connectivity index (χ0) is 19.9. The zero-order valence-corrected chi connectivity index (χ0v) is 16.6. The number of amides is 1. The van der Waals surface area contributed by atoms with Gasteiger partial charge in [-0.15, -0.1) is 11.8 Å². The molecular formula is C21H24F2N2O2S. The van der Waals surface area contributed by atoms with Crippen LogP contribution in [0.2, 0.25) is 0 Å². The fourth-order valence-corrected chi connectivity index (χ4v) is 4.14. The summed E-state index contributed by atoms with van der Waals surface area (Å²) in [6, 6.07) is 13.7. The molecule has 1 aliphatic rings. The van der Waals surface area contributed by atoms with Crippen molar-refractivity contribution in [3.05, 3.63) is 65.7 Å². The maximum Gasteiger partial charge on any atom is 0.230 e. The van der Waals surface area contributed by atoms with Gasteiger partial charge in [0, 0.05) is 24.0 Å². The van der Waals surface area contributed by atoms with Gasteiger partial charge in [0.25, 0.3) is 0 Å². The van der Waals surface area contributed by atoms with E-state index in [-0.39, 0.29) is 23.7 Å². The van der Waals surface area contributed by atoms with Gasteiger partial charge in [0.15, 0.2) is 11.6 Å². The molecule has 0 aromatic heterocycles. The van der Waals surface area contributed by atoms with Crippen LogP contribution < -0.4 is 5.32 Å². The molecule has 2 aromatic carbocycles. The predicted octanol–water partition coefficient (Wildman–Crippen LogP) is 3.64. The van der Waals surface area contributed by atoms with Crippen molar-refractivity contribution in [1.29, 1.82) is 0 Å². The Morgan fingerprint density at radius 3 is 2.54 bits per heavy atom. The number of morpholine rings is 1. The third kappa shape index (κ3) is 5.53. The van der Waals surface area contributed by atoms with Crippen molar-refractivity contribution in [2.24, 2.45) is 0 Å². The van der Waals surface area contributed by atoms with Gasteiger partial charge in [-0.1, -0.05) is 30.3 Å². The number of benzene rings is 2.